The van der Waals surface area contributed by atoms with Gasteiger partial charge in [-0.1, -0.05) is 23.3 Å². The van der Waals surface area contributed by atoms with Crippen molar-refractivity contribution in [3.05, 3.63) is 41.0 Å². The van der Waals surface area contributed by atoms with Gasteiger partial charge in [-0.15, -0.1) is 0 Å². The van der Waals surface area contributed by atoms with Gasteiger partial charge >= 0.3 is 16.8 Å². The zero-order chi connectivity index (χ0) is 22.4. The zero-order valence-corrected chi connectivity index (χ0v) is 18.3. The normalized spacial score (nSPS) is 12.5. The summed E-state index contributed by atoms with van der Waals surface area (Å²) in [4.78, 5) is 7.68. The fraction of sp³-hybridized carbons (Fsp3) is 0.471. The van der Waals surface area contributed by atoms with E-state index in [9.17, 15) is 10.4 Å². The molecule has 0 aliphatic carbocycles. The molecular formula is C17H29CoN5O6. The van der Waals surface area contributed by atoms with Crippen LogP contribution in [0, 0.1) is 10.4 Å². The van der Waals surface area contributed by atoms with E-state index < -0.39 is 0 Å². The largest absolute Gasteiger partial charge is 2.00 e. The van der Waals surface area contributed by atoms with Crippen LogP contribution in [0.25, 0.3) is 0 Å². The van der Waals surface area contributed by atoms with E-state index in [1.165, 1.54) is 27.7 Å². The van der Waals surface area contributed by atoms with Gasteiger partial charge in [0.1, 0.15) is 0 Å². The van der Waals surface area contributed by atoms with Crippen molar-refractivity contribution >= 4 is 22.8 Å². The Hall–Kier alpha value is -2.54. The average molecular weight is 458 g/mol. The molecule has 167 valence electrons. The van der Waals surface area contributed by atoms with Crippen LogP contribution in [0.4, 0.5) is 0 Å². The van der Waals surface area contributed by atoms with Crippen molar-refractivity contribution in [3.8, 4) is 0 Å². The number of aromatic nitrogens is 1. The van der Waals surface area contributed by atoms with E-state index in [2.05, 4.69) is 30.5 Å². The molecule has 1 aromatic rings. The first-order valence-electron chi connectivity index (χ1n) is 8.12. The second-order valence-electron chi connectivity index (χ2n) is 5.07. The molecule has 3 N–H and O–H groups in total. The minimum atomic E-state index is -0.00926. The minimum Gasteiger partial charge on any atom is -0.792 e. The molecule has 1 unspecified atom stereocenters. The fourth-order valence-electron chi connectivity index (χ4n) is 0.664. The first-order chi connectivity index (χ1) is 13.2. The Morgan fingerprint density at radius 1 is 0.897 bits per heavy atom. The van der Waals surface area contributed by atoms with Gasteiger partial charge in [0.2, 0.25) is 0 Å². The summed E-state index contributed by atoms with van der Waals surface area (Å²) in [5.41, 5.74) is 0.903. The third-order valence-electron chi connectivity index (χ3n) is 2.94. The average Bonchev–Trinajstić information content (AvgIpc) is 2.78. The summed E-state index contributed by atoms with van der Waals surface area (Å²) in [7, 11) is 0. The predicted molar refractivity (Wildman–Crippen MR) is 110 cm³/mol. The van der Waals surface area contributed by atoms with Crippen molar-refractivity contribution in [1.82, 2.24) is 4.98 Å². The molecule has 12 heteroatoms. The van der Waals surface area contributed by atoms with Crippen molar-refractivity contribution in [3.63, 3.8) is 0 Å². The van der Waals surface area contributed by atoms with E-state index in [0.717, 1.165) is 6.42 Å². The molecule has 1 radical (unpaired) electrons. The van der Waals surface area contributed by atoms with Gasteiger partial charge in [0, 0.05) is 12.4 Å². The molecule has 0 spiro atoms. The van der Waals surface area contributed by atoms with Crippen molar-refractivity contribution in [2.24, 2.45) is 20.6 Å². The molecular weight excluding hydrogens is 429 g/mol. The molecule has 0 fully saturated rings. The van der Waals surface area contributed by atoms with Gasteiger partial charge in [-0.25, -0.2) is 4.89 Å². The predicted octanol–water partition coefficient (Wildman–Crippen LogP) is 3.94. The van der Waals surface area contributed by atoms with Gasteiger partial charge in [0.25, 0.3) is 0 Å². The SMILES string of the molecule is CC(=N\[O-])/C(C)=N/O.CC(=N\[O-])/C(C)=N/O.CCC(C)OO.[Co+2].c1ccncc1. The first-order valence-corrected chi connectivity index (χ1v) is 8.12. The Kier molecular flexibility index (Phi) is 29.8. The van der Waals surface area contributed by atoms with Crippen LogP contribution in [0.3, 0.4) is 0 Å². The van der Waals surface area contributed by atoms with Crippen LogP contribution >= 0.6 is 0 Å². The van der Waals surface area contributed by atoms with Crippen LogP contribution < -0.4 is 0 Å². The maximum atomic E-state index is 9.63. The van der Waals surface area contributed by atoms with E-state index in [4.69, 9.17) is 15.7 Å². The van der Waals surface area contributed by atoms with E-state index in [-0.39, 0.29) is 45.7 Å². The third kappa shape index (κ3) is 25.5. The number of oxime groups is 2. The summed E-state index contributed by atoms with van der Waals surface area (Å²) < 4.78 is 0. The molecule has 0 amide bonds. The van der Waals surface area contributed by atoms with Gasteiger partial charge < -0.3 is 31.1 Å². The number of nitrogens with zero attached hydrogens (tertiary/aromatic N) is 5. The van der Waals surface area contributed by atoms with Crippen molar-refractivity contribution in [2.75, 3.05) is 0 Å². The quantitative estimate of drug-likeness (QED) is 0.264. The summed E-state index contributed by atoms with van der Waals surface area (Å²) in [6.45, 7) is 9.69. The zero-order valence-electron chi connectivity index (χ0n) is 17.3. The van der Waals surface area contributed by atoms with Crippen LogP contribution in [0.15, 0.2) is 51.2 Å². The van der Waals surface area contributed by atoms with Crippen molar-refractivity contribution in [1.29, 1.82) is 0 Å². The van der Waals surface area contributed by atoms with E-state index in [1.807, 2.05) is 25.1 Å². The van der Waals surface area contributed by atoms with Crippen LogP contribution in [-0.2, 0) is 21.7 Å². The molecule has 29 heavy (non-hydrogen) atoms. The van der Waals surface area contributed by atoms with Gasteiger partial charge in [-0.3, -0.25) is 10.2 Å². The Bertz CT molecular complexity index is 503. The topological polar surface area (TPSA) is 178 Å². The summed E-state index contributed by atoms with van der Waals surface area (Å²) in [6.07, 6.45) is 4.35. The molecule has 0 aliphatic rings. The van der Waals surface area contributed by atoms with E-state index in [1.54, 1.807) is 19.3 Å². The number of rotatable bonds is 4. The Balaban J connectivity index is -0.000000143. The summed E-state index contributed by atoms with van der Waals surface area (Å²) in [5, 5.41) is 53.7. The Morgan fingerprint density at radius 3 is 1.34 bits per heavy atom. The molecule has 1 aromatic heterocycles. The molecule has 0 bridgehead atoms. The number of pyridine rings is 1. The van der Waals surface area contributed by atoms with Gasteiger partial charge in [-0.2, -0.15) is 0 Å². The second-order valence-corrected chi connectivity index (χ2v) is 5.07. The van der Waals surface area contributed by atoms with E-state index in [0.29, 0.717) is 0 Å². The Labute approximate surface area is 181 Å². The van der Waals surface area contributed by atoms with Crippen molar-refractivity contribution < 1.29 is 37.3 Å². The summed E-state index contributed by atoms with van der Waals surface area (Å²) >= 11 is 0. The summed E-state index contributed by atoms with van der Waals surface area (Å²) in [5.74, 6) is 0. The summed E-state index contributed by atoms with van der Waals surface area (Å²) in [6, 6.07) is 5.72. The Morgan fingerprint density at radius 2 is 1.28 bits per heavy atom. The first kappa shape index (κ1) is 34.0. The van der Waals surface area contributed by atoms with Crippen LogP contribution in [0.1, 0.15) is 48.0 Å². The molecule has 0 aromatic carbocycles. The molecule has 11 nitrogen and oxygen atoms in total. The van der Waals surface area contributed by atoms with Gasteiger partial charge in [0.15, 0.2) is 0 Å². The third-order valence-corrected chi connectivity index (χ3v) is 2.94. The maximum absolute atomic E-state index is 9.63. The molecule has 0 aliphatic heterocycles. The molecule has 0 saturated carbocycles. The maximum Gasteiger partial charge on any atom is 2.00 e. The van der Waals surface area contributed by atoms with Crippen LogP contribution in [0.5, 0.6) is 0 Å². The smallest absolute Gasteiger partial charge is 0.792 e. The van der Waals surface area contributed by atoms with Gasteiger partial charge in [-0.05, 0) is 53.2 Å². The van der Waals surface area contributed by atoms with Crippen molar-refractivity contribution in [2.45, 2.75) is 54.1 Å². The molecule has 1 heterocycles. The van der Waals surface area contributed by atoms with Gasteiger partial charge in [0.05, 0.1) is 29.0 Å². The number of hydrogen-bond acceptors (Lipinski definition) is 11. The molecule has 0 saturated heterocycles. The van der Waals surface area contributed by atoms with Crippen LogP contribution in [0.2, 0.25) is 0 Å². The standard InChI is InChI=1S/C5H5N.2C4H8N2O2.C4H10O2.Co/c1-2-4-6-5-3-1;2*1-3(5-7)4(2)6-8;1-3-4(2)6-5;/h1-5H;2*7-8H,1-2H3;4-5H,3H2,1-2H3;/q;;;;+2/p-2/b;2*5-3+,6-4+;;. The number of hydrogen-bond donors (Lipinski definition) is 3. The second kappa shape index (κ2) is 25.5. The molecule has 1 atom stereocenters. The minimum absolute atomic E-state index is 0. The molecule has 1 rings (SSSR count). The fourth-order valence-corrected chi connectivity index (χ4v) is 0.664. The van der Waals surface area contributed by atoms with E-state index >= 15 is 0 Å². The monoisotopic (exact) mass is 458 g/mol. The van der Waals surface area contributed by atoms with Crippen LogP contribution in [-0.4, -0.2) is 49.6 Å².